The number of carbonyl (C=O) groups is 2. The van der Waals surface area contributed by atoms with Crippen molar-refractivity contribution in [2.24, 2.45) is 5.92 Å². The third kappa shape index (κ3) is 5.64. The molecule has 2 amide bonds. The van der Waals surface area contributed by atoms with Gasteiger partial charge in [0.1, 0.15) is 6.04 Å². The van der Waals surface area contributed by atoms with Gasteiger partial charge < -0.3 is 16.4 Å². The molecule has 0 saturated carbocycles. The maximum Gasteiger partial charge on any atom is 0.251 e. The average molecular weight is 436 g/mol. The molecular weight excluding hydrogens is 409 g/mol. The highest BCUT2D eigenvalue weighted by atomic mass is 35.5. The zero-order chi connectivity index (χ0) is 20.3. The van der Waals surface area contributed by atoms with E-state index in [0.717, 1.165) is 30.5 Å². The second kappa shape index (κ2) is 9.99. The number of anilines is 1. The number of rotatable bonds is 5. The van der Waals surface area contributed by atoms with E-state index in [2.05, 4.69) is 10.6 Å². The van der Waals surface area contributed by atoms with Crippen molar-refractivity contribution in [2.45, 2.75) is 45.2 Å². The van der Waals surface area contributed by atoms with E-state index in [4.69, 9.17) is 17.3 Å². The fourth-order valence-electron chi connectivity index (χ4n) is 3.61. The van der Waals surface area contributed by atoms with Gasteiger partial charge in [0.25, 0.3) is 5.91 Å². The largest absolute Gasteiger partial charge is 0.399 e. The van der Waals surface area contributed by atoms with Crippen LogP contribution in [-0.4, -0.2) is 17.9 Å². The van der Waals surface area contributed by atoms with Crippen LogP contribution in [0.1, 0.15) is 54.2 Å². The van der Waals surface area contributed by atoms with E-state index in [1.165, 1.54) is 5.56 Å². The van der Waals surface area contributed by atoms with E-state index >= 15 is 0 Å². The zero-order valence-electron chi connectivity index (χ0n) is 16.6. The van der Waals surface area contributed by atoms with E-state index in [9.17, 15) is 9.59 Å². The first-order valence-electron chi connectivity index (χ1n) is 9.60. The van der Waals surface area contributed by atoms with Crippen molar-refractivity contribution in [3.63, 3.8) is 0 Å². The van der Waals surface area contributed by atoms with Gasteiger partial charge in [0.15, 0.2) is 0 Å². The van der Waals surface area contributed by atoms with Gasteiger partial charge >= 0.3 is 0 Å². The summed E-state index contributed by atoms with van der Waals surface area (Å²) >= 11 is 5.88. The van der Waals surface area contributed by atoms with Gasteiger partial charge in [-0.3, -0.25) is 9.59 Å². The molecule has 0 heterocycles. The number of amides is 2. The topological polar surface area (TPSA) is 84.2 Å². The Labute approximate surface area is 182 Å². The molecule has 29 heavy (non-hydrogen) atoms. The first-order chi connectivity index (χ1) is 13.3. The summed E-state index contributed by atoms with van der Waals surface area (Å²) in [6, 6.07) is 11.8. The molecular formula is C22H27Cl2N3O2. The Balaban J connectivity index is 0.00000300. The predicted molar refractivity (Wildman–Crippen MR) is 119 cm³/mol. The Bertz CT molecular complexity index is 869. The lowest BCUT2D eigenvalue weighted by atomic mass is 9.87. The van der Waals surface area contributed by atoms with Crippen molar-refractivity contribution in [3.8, 4) is 0 Å². The highest BCUT2D eigenvalue weighted by Crippen LogP contribution is 2.31. The number of fused-ring (bicyclic) bond motifs is 1. The van der Waals surface area contributed by atoms with E-state index < -0.39 is 6.04 Å². The third-order valence-electron chi connectivity index (χ3n) is 5.14. The average Bonchev–Trinajstić information content (AvgIpc) is 2.66. The standard InChI is InChI=1S/C22H26ClN3O2.ClH/c1-13(2)20(26-21(27)14-6-8-16(23)9-7-14)22(28)25-19-5-3-4-15-12-17(24)10-11-18(15)19;/h6-13,19-20H,3-5,24H2,1-2H3,(H,25,28)(H,26,27);1H. The fourth-order valence-corrected chi connectivity index (χ4v) is 3.73. The highest BCUT2D eigenvalue weighted by molar-refractivity contribution is 6.30. The van der Waals surface area contributed by atoms with Crippen LogP contribution in [-0.2, 0) is 11.2 Å². The second-order valence-corrected chi connectivity index (χ2v) is 8.05. The van der Waals surface area contributed by atoms with Gasteiger partial charge in [-0.05, 0) is 72.7 Å². The van der Waals surface area contributed by atoms with Crippen LogP contribution < -0.4 is 16.4 Å². The quantitative estimate of drug-likeness (QED) is 0.612. The minimum atomic E-state index is -0.623. The van der Waals surface area contributed by atoms with Crippen molar-refractivity contribution < 1.29 is 9.59 Å². The molecule has 0 saturated heterocycles. The van der Waals surface area contributed by atoms with Crippen LogP contribution >= 0.6 is 24.0 Å². The summed E-state index contributed by atoms with van der Waals surface area (Å²) in [5.74, 6) is -0.514. The first-order valence-corrected chi connectivity index (χ1v) is 9.98. The Morgan fingerprint density at radius 1 is 1.14 bits per heavy atom. The molecule has 5 nitrogen and oxygen atoms in total. The molecule has 2 unspecified atom stereocenters. The van der Waals surface area contributed by atoms with Crippen LogP contribution in [0.2, 0.25) is 5.02 Å². The van der Waals surface area contributed by atoms with Gasteiger partial charge in [-0.25, -0.2) is 0 Å². The monoisotopic (exact) mass is 435 g/mol. The molecule has 0 aliphatic heterocycles. The molecule has 156 valence electrons. The number of halogens is 2. The van der Waals surface area contributed by atoms with Gasteiger partial charge in [0, 0.05) is 16.3 Å². The summed E-state index contributed by atoms with van der Waals surface area (Å²) in [6.45, 7) is 3.84. The Hall–Kier alpha value is -2.24. The number of nitrogens with one attached hydrogen (secondary N) is 2. The lowest BCUT2D eigenvalue weighted by Gasteiger charge is -2.29. The predicted octanol–water partition coefficient (Wildman–Crippen LogP) is 4.29. The van der Waals surface area contributed by atoms with Crippen LogP contribution in [0.15, 0.2) is 42.5 Å². The summed E-state index contributed by atoms with van der Waals surface area (Å²) in [5.41, 5.74) is 9.40. The molecule has 0 fully saturated rings. The van der Waals surface area contributed by atoms with Crippen molar-refractivity contribution in [1.29, 1.82) is 0 Å². The van der Waals surface area contributed by atoms with Gasteiger partial charge in [-0.1, -0.05) is 31.5 Å². The fraction of sp³-hybridized carbons (Fsp3) is 0.364. The highest BCUT2D eigenvalue weighted by Gasteiger charge is 2.29. The van der Waals surface area contributed by atoms with Crippen LogP contribution in [0.25, 0.3) is 0 Å². The molecule has 0 bridgehead atoms. The van der Waals surface area contributed by atoms with Gasteiger partial charge in [-0.2, -0.15) is 0 Å². The maximum atomic E-state index is 13.0. The Morgan fingerprint density at radius 3 is 2.48 bits per heavy atom. The Morgan fingerprint density at radius 2 is 1.83 bits per heavy atom. The molecule has 2 aromatic rings. The second-order valence-electron chi connectivity index (χ2n) is 7.61. The molecule has 1 aliphatic carbocycles. The molecule has 2 aromatic carbocycles. The van der Waals surface area contributed by atoms with E-state index in [0.29, 0.717) is 10.6 Å². The van der Waals surface area contributed by atoms with Gasteiger partial charge in [0.2, 0.25) is 5.91 Å². The van der Waals surface area contributed by atoms with E-state index in [1.54, 1.807) is 24.3 Å². The van der Waals surface area contributed by atoms with Crippen LogP contribution in [0.5, 0.6) is 0 Å². The summed E-state index contributed by atoms with van der Waals surface area (Å²) in [4.78, 5) is 25.5. The number of hydrogen-bond donors (Lipinski definition) is 3. The van der Waals surface area contributed by atoms with E-state index in [1.807, 2.05) is 32.0 Å². The summed E-state index contributed by atoms with van der Waals surface area (Å²) < 4.78 is 0. The molecule has 1 aliphatic rings. The van der Waals surface area contributed by atoms with Crippen LogP contribution in [0.4, 0.5) is 5.69 Å². The summed E-state index contributed by atoms with van der Waals surface area (Å²) in [7, 11) is 0. The van der Waals surface area contributed by atoms with Crippen molar-refractivity contribution in [3.05, 3.63) is 64.2 Å². The lowest BCUT2D eigenvalue weighted by Crippen LogP contribution is -2.50. The summed E-state index contributed by atoms with van der Waals surface area (Å²) in [6.07, 6.45) is 2.83. The first kappa shape index (κ1) is 23.0. The number of benzene rings is 2. The molecule has 3 rings (SSSR count). The van der Waals surface area contributed by atoms with Crippen molar-refractivity contribution in [1.82, 2.24) is 10.6 Å². The minimum absolute atomic E-state index is 0. The van der Waals surface area contributed by atoms with Gasteiger partial charge in [0.05, 0.1) is 6.04 Å². The number of hydrogen-bond acceptors (Lipinski definition) is 3. The maximum absolute atomic E-state index is 13.0. The van der Waals surface area contributed by atoms with E-state index in [-0.39, 0.29) is 36.2 Å². The SMILES string of the molecule is CC(C)C(NC(=O)c1ccc(Cl)cc1)C(=O)NC1CCCc2cc(N)ccc21.Cl. The number of aryl methyl sites for hydroxylation is 1. The minimum Gasteiger partial charge on any atom is -0.399 e. The molecule has 2 atom stereocenters. The zero-order valence-corrected chi connectivity index (χ0v) is 18.1. The number of nitrogens with two attached hydrogens (primary N) is 1. The van der Waals surface area contributed by atoms with Crippen molar-refractivity contribution in [2.75, 3.05) is 5.73 Å². The Kier molecular flexibility index (Phi) is 7.94. The van der Waals surface area contributed by atoms with Gasteiger partial charge in [-0.15, -0.1) is 12.4 Å². The molecule has 0 aromatic heterocycles. The lowest BCUT2D eigenvalue weighted by molar-refractivity contribution is -0.124. The normalized spacial score (nSPS) is 16.3. The smallest absolute Gasteiger partial charge is 0.251 e. The third-order valence-corrected chi connectivity index (χ3v) is 5.39. The number of nitrogen functional groups attached to an aromatic ring is 1. The molecule has 0 spiro atoms. The van der Waals surface area contributed by atoms with Crippen molar-refractivity contribution >= 4 is 41.5 Å². The molecule has 4 N–H and O–H groups in total. The van der Waals surface area contributed by atoms with Crippen LogP contribution in [0.3, 0.4) is 0 Å². The van der Waals surface area contributed by atoms with Crippen LogP contribution in [0, 0.1) is 5.92 Å². The summed E-state index contributed by atoms with van der Waals surface area (Å²) in [5, 5.41) is 6.55. The number of carbonyl (C=O) groups excluding carboxylic acids is 2. The molecule has 0 radical (unpaired) electrons. The molecule has 7 heteroatoms.